The Bertz CT molecular complexity index is 545. The van der Waals surface area contributed by atoms with E-state index in [9.17, 15) is 9.59 Å². The highest BCUT2D eigenvalue weighted by molar-refractivity contribution is 5.68. The lowest BCUT2D eigenvalue weighted by molar-refractivity contribution is -0.116. The predicted molar refractivity (Wildman–Crippen MR) is 87.8 cm³/mol. The number of ether oxygens (including phenoxy) is 1. The van der Waals surface area contributed by atoms with Crippen LogP contribution in [0.1, 0.15) is 38.2 Å². The van der Waals surface area contributed by atoms with Crippen LogP contribution < -0.4 is 0 Å². The summed E-state index contributed by atoms with van der Waals surface area (Å²) in [6.07, 6.45) is 5.02. The van der Waals surface area contributed by atoms with Crippen LogP contribution in [0.25, 0.3) is 0 Å². The van der Waals surface area contributed by atoms with Gasteiger partial charge in [0.15, 0.2) is 0 Å². The summed E-state index contributed by atoms with van der Waals surface area (Å²) in [7, 11) is 0. The highest BCUT2D eigenvalue weighted by Gasteiger charge is 2.43. The van der Waals surface area contributed by atoms with Crippen LogP contribution in [0.3, 0.4) is 0 Å². The van der Waals surface area contributed by atoms with Crippen molar-refractivity contribution in [3.05, 3.63) is 35.9 Å². The second-order valence-corrected chi connectivity index (χ2v) is 6.82. The van der Waals surface area contributed by atoms with E-state index >= 15 is 0 Å². The molecular weight excluding hydrogens is 290 g/mol. The summed E-state index contributed by atoms with van der Waals surface area (Å²) in [6.45, 7) is 3.11. The Hall–Kier alpha value is -1.84. The van der Waals surface area contributed by atoms with Gasteiger partial charge < -0.3 is 14.4 Å². The molecule has 124 valence electrons. The highest BCUT2D eigenvalue weighted by atomic mass is 16.6. The number of carbonyl (C=O) groups is 2. The molecule has 0 bridgehead atoms. The maximum Gasteiger partial charge on any atom is 0.410 e. The first kappa shape index (κ1) is 16.0. The van der Waals surface area contributed by atoms with Crippen molar-refractivity contribution in [2.75, 3.05) is 6.54 Å². The molecule has 4 nitrogen and oxygen atoms in total. The van der Waals surface area contributed by atoms with Crippen molar-refractivity contribution >= 4 is 12.4 Å². The highest BCUT2D eigenvalue weighted by Crippen LogP contribution is 2.42. The Balaban J connectivity index is 1.60. The smallest absolute Gasteiger partial charge is 0.410 e. The zero-order valence-corrected chi connectivity index (χ0v) is 13.7. The molecule has 1 saturated heterocycles. The third-order valence-electron chi connectivity index (χ3n) is 5.60. The van der Waals surface area contributed by atoms with Crippen molar-refractivity contribution in [1.29, 1.82) is 0 Å². The van der Waals surface area contributed by atoms with Crippen LogP contribution in [0.15, 0.2) is 30.3 Å². The van der Waals surface area contributed by atoms with Gasteiger partial charge in [0.05, 0.1) is 0 Å². The summed E-state index contributed by atoms with van der Waals surface area (Å²) in [5.74, 6) is 1.05. The molecule has 23 heavy (non-hydrogen) atoms. The van der Waals surface area contributed by atoms with Crippen molar-refractivity contribution in [2.24, 2.45) is 17.8 Å². The fourth-order valence-electron chi connectivity index (χ4n) is 4.31. The molecule has 1 heterocycles. The first-order valence-corrected chi connectivity index (χ1v) is 8.63. The lowest BCUT2D eigenvalue weighted by Crippen LogP contribution is -2.53. The van der Waals surface area contributed by atoms with Crippen LogP contribution in [0.4, 0.5) is 4.79 Å². The normalized spacial score (nSPS) is 30.4. The molecule has 0 radical (unpaired) electrons. The van der Waals surface area contributed by atoms with Gasteiger partial charge in [-0.25, -0.2) is 4.79 Å². The van der Waals surface area contributed by atoms with Gasteiger partial charge in [0.25, 0.3) is 0 Å². The van der Waals surface area contributed by atoms with Crippen LogP contribution >= 0.6 is 0 Å². The Morgan fingerprint density at radius 1 is 1.22 bits per heavy atom. The number of hydrogen-bond acceptors (Lipinski definition) is 3. The number of fused-ring (bicyclic) bond motifs is 1. The van der Waals surface area contributed by atoms with Gasteiger partial charge in [-0.3, -0.25) is 0 Å². The summed E-state index contributed by atoms with van der Waals surface area (Å²) < 4.78 is 5.49. The van der Waals surface area contributed by atoms with E-state index in [1.54, 1.807) is 0 Å². The lowest BCUT2D eigenvalue weighted by atomic mass is 9.66. The van der Waals surface area contributed by atoms with Gasteiger partial charge >= 0.3 is 6.09 Å². The molecule has 1 unspecified atom stereocenters. The first-order valence-electron chi connectivity index (χ1n) is 8.63. The van der Waals surface area contributed by atoms with Crippen LogP contribution in [-0.2, 0) is 16.1 Å². The third kappa shape index (κ3) is 3.41. The molecule has 2 aliphatic rings. The number of piperidine rings is 1. The Labute approximate surface area is 137 Å². The summed E-state index contributed by atoms with van der Waals surface area (Å²) >= 11 is 0. The molecule has 4 heteroatoms. The Morgan fingerprint density at radius 2 is 2.00 bits per heavy atom. The number of hydrogen-bond donors (Lipinski definition) is 0. The minimum absolute atomic E-state index is 0.153. The van der Waals surface area contributed by atoms with E-state index in [4.69, 9.17) is 4.74 Å². The molecule has 0 aromatic heterocycles. The average Bonchev–Trinajstić information content (AvgIpc) is 2.60. The van der Waals surface area contributed by atoms with Crippen molar-refractivity contribution in [3.63, 3.8) is 0 Å². The van der Waals surface area contributed by atoms with E-state index in [1.807, 2.05) is 35.2 Å². The SMILES string of the molecule is C[C@H]1[C@H]2CCCC(C=O)[C@@H]2CCN1C(=O)OCc1ccccc1. The maximum atomic E-state index is 12.4. The Kier molecular flexibility index (Phi) is 4.99. The minimum Gasteiger partial charge on any atom is -0.445 e. The fraction of sp³-hybridized carbons (Fsp3) is 0.579. The summed E-state index contributed by atoms with van der Waals surface area (Å²) in [4.78, 5) is 25.6. The molecular formula is C19H25NO3. The summed E-state index contributed by atoms with van der Waals surface area (Å²) in [6, 6.07) is 9.90. The van der Waals surface area contributed by atoms with Crippen LogP contribution in [0.5, 0.6) is 0 Å². The number of nitrogens with zero attached hydrogens (tertiary/aromatic N) is 1. The molecule has 3 rings (SSSR count). The van der Waals surface area contributed by atoms with E-state index in [1.165, 1.54) is 0 Å². The lowest BCUT2D eigenvalue weighted by Gasteiger charge is -2.47. The molecule has 1 aliphatic carbocycles. The number of aldehydes is 1. The van der Waals surface area contributed by atoms with E-state index in [0.29, 0.717) is 25.0 Å². The predicted octanol–water partition coefficient (Wildman–Crippen LogP) is 3.65. The van der Waals surface area contributed by atoms with Crippen LogP contribution in [-0.4, -0.2) is 29.9 Å². The van der Waals surface area contributed by atoms with Gasteiger partial charge in [0.1, 0.15) is 12.9 Å². The topological polar surface area (TPSA) is 46.6 Å². The molecule has 1 aromatic carbocycles. The molecule has 1 saturated carbocycles. The standard InChI is InChI=1S/C19H25NO3/c1-14-17-9-5-8-16(12-21)18(17)10-11-20(14)19(22)23-13-15-6-3-2-4-7-15/h2-4,6-7,12,14,16-18H,5,8-11,13H2,1H3/t14-,16?,17+,18-/m0/s1. The van der Waals surface area contributed by atoms with Gasteiger partial charge in [-0.05, 0) is 43.6 Å². The largest absolute Gasteiger partial charge is 0.445 e. The number of amides is 1. The molecule has 4 atom stereocenters. The number of carbonyl (C=O) groups excluding carboxylic acids is 2. The zero-order chi connectivity index (χ0) is 16.2. The second-order valence-electron chi connectivity index (χ2n) is 6.82. The summed E-state index contributed by atoms with van der Waals surface area (Å²) in [5, 5.41) is 0. The molecule has 0 N–H and O–H groups in total. The molecule has 2 fully saturated rings. The van der Waals surface area contributed by atoms with Crippen molar-refractivity contribution < 1.29 is 14.3 Å². The van der Waals surface area contributed by atoms with Crippen molar-refractivity contribution in [2.45, 2.75) is 45.3 Å². The van der Waals surface area contributed by atoms with Crippen molar-refractivity contribution in [1.82, 2.24) is 4.90 Å². The minimum atomic E-state index is -0.229. The second kappa shape index (κ2) is 7.16. The van der Waals surface area contributed by atoms with E-state index in [-0.39, 0.29) is 18.1 Å². The van der Waals surface area contributed by atoms with E-state index in [0.717, 1.165) is 37.5 Å². The molecule has 1 aromatic rings. The maximum absolute atomic E-state index is 12.4. The monoisotopic (exact) mass is 315 g/mol. The molecule has 1 aliphatic heterocycles. The van der Waals surface area contributed by atoms with Gasteiger partial charge in [-0.2, -0.15) is 0 Å². The zero-order valence-electron chi connectivity index (χ0n) is 13.7. The van der Waals surface area contributed by atoms with Crippen LogP contribution in [0, 0.1) is 17.8 Å². The van der Waals surface area contributed by atoms with Gasteiger partial charge in [-0.15, -0.1) is 0 Å². The van der Waals surface area contributed by atoms with Gasteiger partial charge in [0, 0.05) is 18.5 Å². The first-order chi connectivity index (χ1) is 11.2. The number of rotatable bonds is 3. The van der Waals surface area contributed by atoms with E-state index in [2.05, 4.69) is 6.92 Å². The Morgan fingerprint density at radius 3 is 2.74 bits per heavy atom. The van der Waals surface area contributed by atoms with E-state index < -0.39 is 0 Å². The average molecular weight is 315 g/mol. The summed E-state index contributed by atoms with van der Waals surface area (Å²) in [5.41, 5.74) is 1.00. The fourth-order valence-corrected chi connectivity index (χ4v) is 4.31. The third-order valence-corrected chi connectivity index (χ3v) is 5.60. The number of likely N-dealkylation sites (tertiary alicyclic amines) is 1. The quantitative estimate of drug-likeness (QED) is 0.800. The molecule has 1 amide bonds. The number of benzene rings is 1. The van der Waals surface area contributed by atoms with Crippen LogP contribution in [0.2, 0.25) is 0 Å². The van der Waals surface area contributed by atoms with Gasteiger partial charge in [0.2, 0.25) is 0 Å². The van der Waals surface area contributed by atoms with Crippen molar-refractivity contribution in [3.8, 4) is 0 Å². The molecule has 0 spiro atoms. The van der Waals surface area contributed by atoms with Gasteiger partial charge in [-0.1, -0.05) is 36.8 Å².